The van der Waals surface area contributed by atoms with Gasteiger partial charge in [-0.1, -0.05) is 436 Å². The Morgan fingerprint density at radius 2 is 0.381 bits per heavy atom. The van der Waals surface area contributed by atoms with Gasteiger partial charge in [-0.15, -0.1) is 0 Å². The van der Waals surface area contributed by atoms with Gasteiger partial charge in [0.1, 0.15) is 20.2 Å². The molecule has 0 bridgehead atoms. The second-order valence-corrected chi connectivity index (χ2v) is 32.5. The second kappa shape index (κ2) is 63.3. The summed E-state index contributed by atoms with van der Waals surface area (Å²) in [5, 5.41) is 3.32. The van der Waals surface area contributed by atoms with E-state index in [1.165, 1.54) is 358 Å². The van der Waals surface area contributed by atoms with Crippen LogP contribution in [0.3, 0.4) is 0 Å². The van der Waals surface area contributed by atoms with Gasteiger partial charge in [-0.2, -0.15) is 0 Å². The van der Waals surface area contributed by atoms with Gasteiger partial charge in [0.25, 0.3) is 0 Å². The van der Waals surface area contributed by atoms with Crippen molar-refractivity contribution >= 4 is 90.7 Å². The van der Waals surface area contributed by atoms with Gasteiger partial charge in [-0.25, -0.2) is 16.8 Å². The Bertz CT molecular complexity index is 2500. The maximum Gasteiger partial charge on any atom is 2.00 e. The monoisotopic (exact) mass is 1500 g/mol. The fourth-order valence-electron chi connectivity index (χ4n) is 15.0. The predicted molar refractivity (Wildman–Crippen MR) is 424 cm³/mol. The topological polar surface area (TPSA) is 114 Å². The maximum atomic E-state index is 12.3. The van der Waals surface area contributed by atoms with Gasteiger partial charge in [-0.3, -0.25) is 0 Å². The third-order valence-electron chi connectivity index (χ3n) is 21.1. The Balaban J connectivity index is 0.000000653. The van der Waals surface area contributed by atoms with Crippen LogP contribution in [-0.2, 0) is 45.9 Å². The molecule has 0 aliphatic carbocycles. The largest absolute Gasteiger partial charge is 2.00 e. The minimum atomic E-state index is -4.53. The van der Waals surface area contributed by atoms with Gasteiger partial charge in [0.15, 0.2) is 0 Å². The van der Waals surface area contributed by atoms with Crippen molar-refractivity contribution in [2.75, 3.05) is 0 Å². The van der Waals surface area contributed by atoms with Gasteiger partial charge in [0.05, 0.1) is 9.79 Å². The van der Waals surface area contributed by atoms with E-state index in [0.717, 1.165) is 86.1 Å². The molecule has 4 aromatic carbocycles. The van der Waals surface area contributed by atoms with Crippen LogP contribution >= 0.6 is 0 Å². The summed E-state index contributed by atoms with van der Waals surface area (Å²) >= 11 is 0. The Labute approximate surface area is 642 Å². The molecule has 0 radical (unpaired) electrons. The zero-order chi connectivity index (χ0) is 69.1. The molecule has 0 aromatic heterocycles. The van der Waals surface area contributed by atoms with Crippen LogP contribution in [-0.4, -0.2) is 74.8 Å². The van der Waals surface area contributed by atoms with Crippen LogP contribution in [0, 0.1) is 0 Å². The summed E-state index contributed by atoms with van der Waals surface area (Å²) in [5.74, 6) is 0. The van der Waals surface area contributed by atoms with E-state index >= 15 is 0 Å². The van der Waals surface area contributed by atoms with Crippen molar-refractivity contribution in [3.63, 3.8) is 0 Å². The molecule has 6 nitrogen and oxygen atoms in total. The minimum Gasteiger partial charge on any atom is -0.744 e. The molecule has 9 heteroatoms. The molecule has 0 saturated carbocycles. The molecule has 4 rings (SSSR count). The van der Waals surface area contributed by atoms with E-state index < -0.39 is 20.2 Å². The van der Waals surface area contributed by atoms with Gasteiger partial charge >= 0.3 is 48.9 Å². The zero-order valence-corrected chi connectivity index (χ0v) is 70.1. The molecule has 552 valence electrons. The first-order chi connectivity index (χ1) is 47.0. The quantitative estimate of drug-likeness (QED) is 0.0247. The smallest absolute Gasteiger partial charge is 0.744 e. The Morgan fingerprint density at radius 3 is 0.557 bits per heavy atom. The fourth-order valence-corrected chi connectivity index (χ4v) is 16.5. The van der Waals surface area contributed by atoms with Crippen LogP contribution in [0.4, 0.5) is 0 Å². The van der Waals surface area contributed by atoms with E-state index in [0.29, 0.717) is 10.8 Å². The van der Waals surface area contributed by atoms with Gasteiger partial charge < -0.3 is 9.11 Å². The van der Waals surface area contributed by atoms with Crippen LogP contribution in [0.5, 0.6) is 0 Å². The van der Waals surface area contributed by atoms with E-state index in [9.17, 15) is 25.9 Å². The molecular formula is C88H150BaO6S2. The second-order valence-electron chi connectivity index (χ2n) is 29.8. The number of fused-ring (bicyclic) bond motifs is 2. The Kier molecular flexibility index (Phi) is 59.9. The summed E-state index contributed by atoms with van der Waals surface area (Å²) in [6.07, 6.45) is 83.9. The average Bonchev–Trinajstić information content (AvgIpc) is 0.780. The molecule has 0 amide bonds. The molecule has 0 spiro atoms. The SMILES string of the molecule is CCCCCCCCCCCCCCCCCc1ccc(S(=O)(=O)[O-])c2c(CCCCCCCCCCCCCCCCC)cccc12.CCCCCCCCCCCCCCCCCc1ccc(S(=O)(=O)[O-])c2c(CCCCCCCCCCCCCCCCC)cccc12.[Ba+2]. The molecule has 0 heterocycles. The van der Waals surface area contributed by atoms with Crippen LogP contribution in [0.25, 0.3) is 21.5 Å². The predicted octanol–water partition coefficient (Wildman–Crippen LogP) is 28.8. The molecule has 0 saturated heterocycles. The van der Waals surface area contributed by atoms with E-state index in [4.69, 9.17) is 0 Å². The number of hydrogen-bond acceptors (Lipinski definition) is 6. The number of rotatable bonds is 66. The minimum absolute atomic E-state index is 0. The molecule has 0 atom stereocenters. The first-order valence-corrected chi connectivity index (χ1v) is 44.8. The summed E-state index contributed by atoms with van der Waals surface area (Å²) in [7, 11) is -9.06. The zero-order valence-electron chi connectivity index (χ0n) is 64.0. The molecule has 4 aromatic rings. The normalized spacial score (nSPS) is 11.9. The van der Waals surface area contributed by atoms with Crippen LogP contribution < -0.4 is 0 Å². The van der Waals surface area contributed by atoms with E-state index in [-0.39, 0.29) is 58.7 Å². The molecule has 0 aliphatic rings. The third-order valence-corrected chi connectivity index (χ3v) is 22.9. The number of unbranched alkanes of at least 4 members (excludes halogenated alkanes) is 56. The van der Waals surface area contributed by atoms with Crippen LogP contribution in [0.2, 0.25) is 0 Å². The Morgan fingerprint density at radius 1 is 0.216 bits per heavy atom. The van der Waals surface area contributed by atoms with Crippen molar-refractivity contribution in [2.24, 2.45) is 0 Å². The molecule has 0 unspecified atom stereocenters. The van der Waals surface area contributed by atoms with Crippen molar-refractivity contribution in [2.45, 2.75) is 448 Å². The standard InChI is InChI=1S/2C44H76O3S.Ba/c2*1-3-5-7-9-11-13-15-17-19-21-23-25-27-29-31-34-40-38-39-43(48(45,46)47)44-41(36-33-37-42(40)44)35-32-30-28-26-24-22-20-18-16-14-12-10-8-6-4-2;/h2*33,36-39H,3-32,34-35H2,1-2H3,(H,45,46,47);/q;;+2/p-2. The van der Waals surface area contributed by atoms with Crippen molar-refractivity contribution in [1.82, 2.24) is 0 Å². The summed E-state index contributed by atoms with van der Waals surface area (Å²) in [6, 6.07) is 19.2. The van der Waals surface area contributed by atoms with Crippen molar-refractivity contribution in [3.8, 4) is 0 Å². The van der Waals surface area contributed by atoms with Crippen LogP contribution in [0.15, 0.2) is 70.5 Å². The van der Waals surface area contributed by atoms with Gasteiger partial charge in [0, 0.05) is 10.8 Å². The van der Waals surface area contributed by atoms with E-state index in [2.05, 4.69) is 39.8 Å². The van der Waals surface area contributed by atoms with Gasteiger partial charge in [0.2, 0.25) is 0 Å². The van der Waals surface area contributed by atoms with Crippen molar-refractivity contribution < 1.29 is 25.9 Å². The first kappa shape index (κ1) is 91.9. The number of hydrogen-bond donors (Lipinski definition) is 0. The summed E-state index contributed by atoms with van der Waals surface area (Å²) < 4.78 is 73.7. The molecular weight excluding hydrogens is 1350 g/mol. The van der Waals surface area contributed by atoms with E-state index in [1.54, 1.807) is 12.1 Å². The molecule has 0 N–H and O–H groups in total. The fraction of sp³-hybridized carbons (Fsp3) is 0.773. The molecule has 97 heavy (non-hydrogen) atoms. The Hall–Kier alpha value is -1.21. The van der Waals surface area contributed by atoms with Crippen LogP contribution in [0.1, 0.15) is 435 Å². The first-order valence-electron chi connectivity index (χ1n) is 42.0. The third kappa shape index (κ3) is 46.3. The van der Waals surface area contributed by atoms with Crippen molar-refractivity contribution in [3.05, 3.63) is 82.9 Å². The number of aryl methyl sites for hydroxylation is 4. The maximum absolute atomic E-state index is 12.3. The number of benzene rings is 4. The molecule has 0 fully saturated rings. The summed E-state index contributed by atoms with van der Waals surface area (Å²) in [5.41, 5.74) is 4.42. The van der Waals surface area contributed by atoms with E-state index in [1.807, 2.05) is 36.4 Å². The summed E-state index contributed by atoms with van der Waals surface area (Å²) in [4.78, 5) is -0.0661. The average molecular weight is 1510 g/mol. The molecule has 0 aliphatic heterocycles. The van der Waals surface area contributed by atoms with Crippen molar-refractivity contribution in [1.29, 1.82) is 0 Å². The summed E-state index contributed by atoms with van der Waals surface area (Å²) in [6.45, 7) is 9.12. The van der Waals surface area contributed by atoms with Gasteiger partial charge in [-0.05, 0) is 96.5 Å².